The Labute approximate surface area is 140 Å². The van der Waals surface area contributed by atoms with Crippen LogP contribution in [0, 0.1) is 5.41 Å². The molecule has 0 aromatic heterocycles. The van der Waals surface area contributed by atoms with E-state index in [4.69, 9.17) is 0 Å². The Bertz CT molecular complexity index is 684. The highest BCUT2D eigenvalue weighted by Gasteiger charge is 2.36. The van der Waals surface area contributed by atoms with Crippen LogP contribution in [0.5, 0.6) is 0 Å². The summed E-state index contributed by atoms with van der Waals surface area (Å²) in [6.45, 7) is 7.11. The number of benzene rings is 2. The molecule has 1 fully saturated rings. The van der Waals surface area contributed by atoms with Crippen LogP contribution >= 0.6 is 0 Å². The topological polar surface area (TPSA) is 20.2 Å². The van der Waals surface area contributed by atoms with Crippen LogP contribution in [0.3, 0.4) is 0 Å². The Morgan fingerprint density at radius 1 is 1.09 bits per heavy atom. The average Bonchev–Trinajstić information content (AvgIpc) is 2.93. The highest BCUT2D eigenvalue weighted by Crippen LogP contribution is 2.51. The summed E-state index contributed by atoms with van der Waals surface area (Å²) in [7, 11) is 0. The summed E-state index contributed by atoms with van der Waals surface area (Å²) >= 11 is 0. The Morgan fingerprint density at radius 3 is 2.57 bits per heavy atom. The minimum Gasteiger partial charge on any atom is -0.392 e. The Balaban J connectivity index is 2.13. The minimum absolute atomic E-state index is 0.120. The van der Waals surface area contributed by atoms with Gasteiger partial charge in [0.15, 0.2) is 0 Å². The molecule has 2 aromatic rings. The molecule has 1 aliphatic carbocycles. The maximum Gasteiger partial charge on any atom is 0.0681 e. The number of hydrogen-bond donors (Lipinski definition) is 1. The molecule has 0 aliphatic heterocycles. The predicted molar refractivity (Wildman–Crippen MR) is 97.6 cm³/mol. The van der Waals surface area contributed by atoms with E-state index in [2.05, 4.69) is 63.2 Å². The molecule has 1 nitrogen and oxygen atoms in total. The van der Waals surface area contributed by atoms with Gasteiger partial charge in [-0.1, -0.05) is 69.7 Å². The maximum absolute atomic E-state index is 9.58. The standard InChI is InChI=1S/C22H28O/c1-4-16-7-5-8-18(13-16)19-11-10-17(15-23)14-20(19)21-9-6-12-22(21,2)3/h5,7-8,10-11,13-14,21,23H,4,6,9,12,15H2,1-3H3/t21-/m1/s1. The van der Waals surface area contributed by atoms with Crippen LogP contribution < -0.4 is 0 Å². The lowest BCUT2D eigenvalue weighted by molar-refractivity contribution is 0.281. The normalized spacial score (nSPS) is 19.9. The molecule has 3 rings (SSSR count). The molecule has 1 heteroatoms. The van der Waals surface area contributed by atoms with Crippen molar-refractivity contribution in [1.82, 2.24) is 0 Å². The second-order valence-electron chi connectivity index (χ2n) is 7.57. The number of rotatable bonds is 4. The third-order valence-electron chi connectivity index (χ3n) is 5.58. The van der Waals surface area contributed by atoms with Crippen molar-refractivity contribution in [2.75, 3.05) is 0 Å². The van der Waals surface area contributed by atoms with Gasteiger partial charge in [0.25, 0.3) is 0 Å². The summed E-state index contributed by atoms with van der Waals surface area (Å²) in [5.74, 6) is 0.578. The SMILES string of the molecule is CCc1cccc(-c2ccc(CO)cc2[C@H]2CCCC2(C)C)c1. The summed E-state index contributed by atoms with van der Waals surface area (Å²) in [5, 5.41) is 9.58. The second kappa shape index (κ2) is 6.49. The molecule has 1 N–H and O–H groups in total. The van der Waals surface area contributed by atoms with Gasteiger partial charge >= 0.3 is 0 Å². The molecule has 0 bridgehead atoms. The molecule has 0 amide bonds. The first kappa shape index (κ1) is 16.3. The van der Waals surface area contributed by atoms with E-state index in [1.807, 2.05) is 0 Å². The third kappa shape index (κ3) is 3.21. The summed E-state index contributed by atoms with van der Waals surface area (Å²) in [6.07, 6.45) is 4.90. The van der Waals surface area contributed by atoms with Gasteiger partial charge in [-0.05, 0) is 58.4 Å². The van der Waals surface area contributed by atoms with Crippen molar-refractivity contribution in [3.63, 3.8) is 0 Å². The first-order valence-electron chi connectivity index (χ1n) is 8.88. The van der Waals surface area contributed by atoms with E-state index in [9.17, 15) is 5.11 Å². The van der Waals surface area contributed by atoms with Crippen molar-refractivity contribution < 1.29 is 5.11 Å². The van der Waals surface area contributed by atoms with Crippen molar-refractivity contribution in [3.8, 4) is 11.1 Å². The van der Waals surface area contributed by atoms with Crippen LogP contribution in [0.4, 0.5) is 0 Å². The van der Waals surface area contributed by atoms with E-state index in [1.54, 1.807) is 0 Å². The minimum atomic E-state index is 0.120. The largest absolute Gasteiger partial charge is 0.392 e. The molecule has 0 unspecified atom stereocenters. The molecular weight excluding hydrogens is 280 g/mol. The molecule has 0 heterocycles. The van der Waals surface area contributed by atoms with E-state index in [1.165, 1.54) is 41.5 Å². The number of aliphatic hydroxyl groups is 1. The van der Waals surface area contributed by atoms with Crippen LogP contribution in [-0.4, -0.2) is 5.11 Å². The highest BCUT2D eigenvalue weighted by atomic mass is 16.3. The molecular formula is C22H28O. The Morgan fingerprint density at radius 2 is 1.91 bits per heavy atom. The van der Waals surface area contributed by atoms with Gasteiger partial charge in [0.1, 0.15) is 0 Å². The number of aryl methyl sites for hydroxylation is 1. The molecule has 122 valence electrons. The van der Waals surface area contributed by atoms with Gasteiger partial charge in [0.05, 0.1) is 6.61 Å². The lowest BCUT2D eigenvalue weighted by atomic mass is 9.75. The van der Waals surface area contributed by atoms with Crippen molar-refractivity contribution in [1.29, 1.82) is 0 Å². The summed E-state index contributed by atoms with van der Waals surface area (Å²) in [6, 6.07) is 15.4. The highest BCUT2D eigenvalue weighted by molar-refractivity contribution is 5.69. The van der Waals surface area contributed by atoms with Crippen molar-refractivity contribution in [2.24, 2.45) is 5.41 Å². The molecule has 1 saturated carbocycles. The van der Waals surface area contributed by atoms with Gasteiger partial charge in [-0.25, -0.2) is 0 Å². The zero-order chi connectivity index (χ0) is 16.4. The fourth-order valence-corrected chi connectivity index (χ4v) is 4.12. The molecule has 0 saturated heterocycles. The Kier molecular flexibility index (Phi) is 4.59. The number of hydrogen-bond acceptors (Lipinski definition) is 1. The van der Waals surface area contributed by atoms with E-state index in [0.717, 1.165) is 12.0 Å². The van der Waals surface area contributed by atoms with E-state index in [0.29, 0.717) is 11.3 Å². The molecule has 2 aromatic carbocycles. The number of aliphatic hydroxyl groups excluding tert-OH is 1. The lowest BCUT2D eigenvalue weighted by Gasteiger charge is -2.29. The third-order valence-corrected chi connectivity index (χ3v) is 5.58. The predicted octanol–water partition coefficient (Wildman–Crippen LogP) is 5.70. The second-order valence-corrected chi connectivity index (χ2v) is 7.57. The van der Waals surface area contributed by atoms with Crippen LogP contribution in [0.25, 0.3) is 11.1 Å². The van der Waals surface area contributed by atoms with Gasteiger partial charge in [-0.3, -0.25) is 0 Å². The van der Waals surface area contributed by atoms with Crippen LogP contribution in [0.2, 0.25) is 0 Å². The van der Waals surface area contributed by atoms with Crippen molar-refractivity contribution in [2.45, 2.75) is 59.0 Å². The zero-order valence-corrected chi connectivity index (χ0v) is 14.6. The fraction of sp³-hybridized carbons (Fsp3) is 0.455. The molecule has 1 atom stereocenters. The van der Waals surface area contributed by atoms with Gasteiger partial charge in [0.2, 0.25) is 0 Å². The fourth-order valence-electron chi connectivity index (χ4n) is 4.12. The first-order chi connectivity index (χ1) is 11.0. The quantitative estimate of drug-likeness (QED) is 0.768. The Hall–Kier alpha value is -1.60. The molecule has 0 spiro atoms. The smallest absolute Gasteiger partial charge is 0.0681 e. The lowest BCUT2D eigenvalue weighted by Crippen LogP contribution is -2.16. The van der Waals surface area contributed by atoms with E-state index >= 15 is 0 Å². The van der Waals surface area contributed by atoms with Crippen LogP contribution in [-0.2, 0) is 13.0 Å². The van der Waals surface area contributed by atoms with Gasteiger partial charge in [0, 0.05) is 0 Å². The average molecular weight is 308 g/mol. The molecule has 1 aliphatic rings. The molecule has 0 radical (unpaired) electrons. The van der Waals surface area contributed by atoms with Crippen LogP contribution in [0.1, 0.15) is 62.6 Å². The summed E-state index contributed by atoms with van der Waals surface area (Å²) < 4.78 is 0. The summed E-state index contributed by atoms with van der Waals surface area (Å²) in [4.78, 5) is 0. The van der Waals surface area contributed by atoms with Gasteiger partial charge < -0.3 is 5.11 Å². The van der Waals surface area contributed by atoms with E-state index in [-0.39, 0.29) is 6.61 Å². The zero-order valence-electron chi connectivity index (χ0n) is 14.6. The molecule has 23 heavy (non-hydrogen) atoms. The van der Waals surface area contributed by atoms with Gasteiger partial charge in [-0.2, -0.15) is 0 Å². The maximum atomic E-state index is 9.58. The first-order valence-corrected chi connectivity index (χ1v) is 8.88. The van der Waals surface area contributed by atoms with Crippen LogP contribution in [0.15, 0.2) is 42.5 Å². The monoisotopic (exact) mass is 308 g/mol. The summed E-state index contributed by atoms with van der Waals surface area (Å²) in [5.41, 5.74) is 6.82. The van der Waals surface area contributed by atoms with Crippen molar-refractivity contribution in [3.05, 3.63) is 59.2 Å². The van der Waals surface area contributed by atoms with E-state index < -0.39 is 0 Å². The van der Waals surface area contributed by atoms with Gasteiger partial charge in [-0.15, -0.1) is 0 Å². The van der Waals surface area contributed by atoms with Crippen molar-refractivity contribution >= 4 is 0 Å².